The van der Waals surface area contributed by atoms with Crippen LogP contribution in [-0.2, 0) is 5.41 Å². The van der Waals surface area contributed by atoms with E-state index in [1.807, 2.05) is 0 Å². The molecule has 12 rings (SSSR count). The van der Waals surface area contributed by atoms with Crippen LogP contribution >= 0.6 is 0 Å². The second-order valence-electron chi connectivity index (χ2n) is 18.2. The molecule has 0 spiro atoms. The van der Waals surface area contributed by atoms with E-state index in [0.29, 0.717) is 0 Å². The molecule has 0 aromatic heterocycles. The maximum atomic E-state index is 2.63. The SMILES string of the molecule is Cc1cc2c3c(c1)N(c1ccc(C(C)(C)C)cc1)c1c(ccc4ccccc14)B3c1cc3c(cc1N2c1ccccc1)[Si](c1ccccc1)(c1ccccc1)c1ccccc1-3. The number of nitrogens with zero attached hydrogens (tertiary/aromatic N) is 2. The highest BCUT2D eigenvalue weighted by atomic mass is 28.3. The minimum atomic E-state index is -2.76. The van der Waals surface area contributed by atoms with Crippen molar-refractivity contribution in [3.63, 3.8) is 0 Å². The van der Waals surface area contributed by atoms with Gasteiger partial charge in [-0.2, -0.15) is 0 Å². The largest absolute Gasteiger partial charge is 0.311 e. The number of hydrogen-bond donors (Lipinski definition) is 0. The number of benzene rings is 9. The molecule has 0 N–H and O–H groups in total. The first-order valence-corrected chi connectivity index (χ1v) is 23.6. The van der Waals surface area contributed by atoms with E-state index in [0.717, 1.165) is 0 Å². The predicted molar refractivity (Wildman–Crippen MR) is 264 cm³/mol. The van der Waals surface area contributed by atoms with E-state index in [4.69, 9.17) is 0 Å². The van der Waals surface area contributed by atoms with Crippen molar-refractivity contribution in [1.29, 1.82) is 0 Å². The monoisotopic (exact) mass is 796 g/mol. The van der Waals surface area contributed by atoms with Gasteiger partial charge in [0.15, 0.2) is 8.07 Å². The second-order valence-corrected chi connectivity index (χ2v) is 21.9. The Hall–Kier alpha value is -6.88. The number of hydrogen-bond acceptors (Lipinski definition) is 2. The van der Waals surface area contributed by atoms with Gasteiger partial charge in [0.25, 0.3) is 6.71 Å². The average molecular weight is 797 g/mol. The van der Waals surface area contributed by atoms with Crippen LogP contribution in [0.1, 0.15) is 31.9 Å². The van der Waals surface area contributed by atoms with Gasteiger partial charge in [0.1, 0.15) is 0 Å². The van der Waals surface area contributed by atoms with E-state index in [-0.39, 0.29) is 12.1 Å². The van der Waals surface area contributed by atoms with Crippen LogP contribution in [0.5, 0.6) is 0 Å². The summed E-state index contributed by atoms with van der Waals surface area (Å²) in [5.41, 5.74) is 16.8. The van der Waals surface area contributed by atoms with Gasteiger partial charge in [0.05, 0.1) is 0 Å². The van der Waals surface area contributed by atoms with Crippen molar-refractivity contribution in [2.75, 3.05) is 9.80 Å². The third-order valence-corrected chi connectivity index (χ3v) is 18.5. The summed E-state index contributed by atoms with van der Waals surface area (Å²) in [6.45, 7) is 9.16. The summed E-state index contributed by atoms with van der Waals surface area (Å²) in [7, 11) is -2.76. The average Bonchev–Trinajstić information content (AvgIpc) is 3.58. The smallest absolute Gasteiger partial charge is 0.252 e. The van der Waals surface area contributed by atoms with Gasteiger partial charge in [-0.25, -0.2) is 0 Å². The fourth-order valence-electron chi connectivity index (χ4n) is 11.1. The molecule has 0 fully saturated rings. The summed E-state index contributed by atoms with van der Waals surface area (Å²) in [5.74, 6) is 0. The van der Waals surface area contributed by atoms with E-state index in [9.17, 15) is 0 Å². The van der Waals surface area contributed by atoms with Gasteiger partial charge in [0.2, 0.25) is 0 Å². The van der Waals surface area contributed by atoms with E-state index in [1.54, 1.807) is 0 Å². The van der Waals surface area contributed by atoms with Crippen LogP contribution in [0, 0.1) is 6.92 Å². The summed E-state index contributed by atoms with van der Waals surface area (Å²) >= 11 is 0. The lowest BCUT2D eigenvalue weighted by Crippen LogP contribution is -2.73. The molecule has 3 aliphatic heterocycles. The minimum Gasteiger partial charge on any atom is -0.311 e. The molecule has 0 radical (unpaired) electrons. The molecule has 0 amide bonds. The van der Waals surface area contributed by atoms with Crippen molar-refractivity contribution in [3.8, 4) is 11.1 Å². The summed E-state index contributed by atoms with van der Waals surface area (Å²) in [6.07, 6.45) is 0. The molecular formula is C57H45BN2Si. The lowest BCUT2D eigenvalue weighted by molar-refractivity contribution is 0.590. The first-order valence-electron chi connectivity index (χ1n) is 21.6. The van der Waals surface area contributed by atoms with Crippen molar-refractivity contribution in [2.24, 2.45) is 0 Å². The molecule has 0 saturated carbocycles. The van der Waals surface area contributed by atoms with Crippen LogP contribution in [-0.4, -0.2) is 14.8 Å². The highest BCUT2D eigenvalue weighted by molar-refractivity contribution is 7.22. The Morgan fingerprint density at radius 3 is 1.74 bits per heavy atom. The van der Waals surface area contributed by atoms with Crippen LogP contribution in [0.25, 0.3) is 21.9 Å². The van der Waals surface area contributed by atoms with Crippen LogP contribution in [0.2, 0.25) is 0 Å². The predicted octanol–water partition coefficient (Wildman–Crippen LogP) is 9.89. The number of fused-ring (bicyclic) bond motifs is 9. The van der Waals surface area contributed by atoms with Crippen LogP contribution in [0.4, 0.5) is 34.1 Å². The first kappa shape index (κ1) is 36.0. The maximum Gasteiger partial charge on any atom is 0.252 e. The van der Waals surface area contributed by atoms with Crippen molar-refractivity contribution in [2.45, 2.75) is 33.1 Å². The lowest BCUT2D eigenvalue weighted by atomic mass is 9.33. The Balaban J connectivity index is 1.21. The zero-order valence-electron chi connectivity index (χ0n) is 35.0. The van der Waals surface area contributed by atoms with Gasteiger partial charge >= 0.3 is 0 Å². The summed E-state index contributed by atoms with van der Waals surface area (Å²) in [6, 6.07) is 76.4. The van der Waals surface area contributed by atoms with E-state index in [2.05, 4.69) is 238 Å². The quantitative estimate of drug-likeness (QED) is 0.164. The van der Waals surface area contributed by atoms with Gasteiger partial charge in [0, 0.05) is 39.5 Å². The first-order chi connectivity index (χ1) is 29.8. The summed E-state index contributed by atoms with van der Waals surface area (Å²) in [4.78, 5) is 5.16. The topological polar surface area (TPSA) is 6.48 Å². The zero-order valence-corrected chi connectivity index (χ0v) is 36.0. The second kappa shape index (κ2) is 13.3. The molecule has 0 atom stereocenters. The van der Waals surface area contributed by atoms with E-state index >= 15 is 0 Å². The zero-order chi connectivity index (χ0) is 41.0. The minimum absolute atomic E-state index is 0.00727. The third kappa shape index (κ3) is 5.15. The van der Waals surface area contributed by atoms with Crippen molar-refractivity contribution in [1.82, 2.24) is 0 Å². The van der Waals surface area contributed by atoms with E-state index in [1.165, 1.54) is 104 Å². The highest BCUT2D eigenvalue weighted by Gasteiger charge is 2.51. The summed E-state index contributed by atoms with van der Waals surface area (Å²) in [5, 5.41) is 8.26. The standard InChI is InChI=1S/C57H45BN2Si/c1-38-34-51-55-52(35-38)60(42-31-29-40(30-32-42)57(2,3)4)56-45-25-15-14-18-39(45)28-33-48(56)58(55)49-36-47-46-26-16-17-27-53(46)61(43-21-10-6-11-22-43,44-23-12-7-13-24-44)54(47)37-50(49)59(51)41-19-8-5-9-20-41/h5-37H,1-4H3. The van der Waals surface area contributed by atoms with Gasteiger partial charge in [-0.3, -0.25) is 0 Å². The van der Waals surface area contributed by atoms with Crippen molar-refractivity contribution in [3.05, 3.63) is 211 Å². The molecule has 3 aliphatic rings. The van der Waals surface area contributed by atoms with Crippen LogP contribution < -0.4 is 46.9 Å². The molecule has 9 aromatic carbocycles. The lowest BCUT2D eigenvalue weighted by Gasteiger charge is -2.45. The Morgan fingerprint density at radius 1 is 0.459 bits per heavy atom. The normalized spacial score (nSPS) is 14.3. The number of anilines is 6. The molecule has 0 unspecified atom stereocenters. The highest BCUT2D eigenvalue weighted by Crippen LogP contribution is 2.47. The third-order valence-electron chi connectivity index (χ3n) is 13.7. The molecule has 61 heavy (non-hydrogen) atoms. The Kier molecular flexibility index (Phi) is 7.86. The van der Waals surface area contributed by atoms with Gasteiger partial charge in [-0.1, -0.05) is 178 Å². The Bertz CT molecular complexity index is 3150. The Labute approximate surface area is 360 Å². The molecule has 9 aromatic rings. The van der Waals surface area contributed by atoms with Crippen LogP contribution in [0.3, 0.4) is 0 Å². The molecular weight excluding hydrogens is 752 g/mol. The molecule has 0 bridgehead atoms. The molecule has 4 heteroatoms. The van der Waals surface area contributed by atoms with Crippen LogP contribution in [0.15, 0.2) is 200 Å². The molecule has 0 aliphatic carbocycles. The number of aryl methyl sites for hydroxylation is 1. The number of rotatable bonds is 4. The number of para-hydroxylation sites is 1. The van der Waals surface area contributed by atoms with E-state index < -0.39 is 8.07 Å². The van der Waals surface area contributed by atoms with Gasteiger partial charge < -0.3 is 9.80 Å². The Morgan fingerprint density at radius 2 is 1.05 bits per heavy atom. The summed E-state index contributed by atoms with van der Waals surface area (Å²) < 4.78 is 0. The molecule has 2 nitrogen and oxygen atoms in total. The molecule has 3 heterocycles. The van der Waals surface area contributed by atoms with Gasteiger partial charge in [-0.15, -0.1) is 0 Å². The maximum absolute atomic E-state index is 2.76. The molecule has 290 valence electrons. The van der Waals surface area contributed by atoms with Crippen molar-refractivity contribution >= 4 is 96.8 Å². The fraction of sp³-hybridized carbons (Fsp3) is 0.0877. The van der Waals surface area contributed by atoms with Crippen molar-refractivity contribution < 1.29 is 0 Å². The molecule has 0 saturated heterocycles. The van der Waals surface area contributed by atoms with Gasteiger partial charge in [-0.05, 0) is 120 Å². The fourth-order valence-corrected chi connectivity index (χ4v) is 16.2.